The van der Waals surface area contributed by atoms with E-state index in [-0.39, 0.29) is 5.91 Å². The number of carbonyl (C=O) groups excluding carboxylic acids is 1. The Morgan fingerprint density at radius 2 is 2.33 bits per heavy atom. The van der Waals surface area contributed by atoms with Crippen molar-refractivity contribution in [2.45, 2.75) is 45.2 Å². The number of hydrogen-bond acceptors (Lipinski definition) is 3. The number of amides is 1. The lowest BCUT2D eigenvalue weighted by molar-refractivity contribution is -0.124. The summed E-state index contributed by atoms with van der Waals surface area (Å²) in [6.45, 7) is 5.35. The Morgan fingerprint density at radius 3 is 2.83 bits per heavy atom. The van der Waals surface area contributed by atoms with E-state index >= 15 is 0 Å². The molecular formula is C12H21ClN4O. The van der Waals surface area contributed by atoms with Gasteiger partial charge in [-0.05, 0) is 32.7 Å². The molecule has 0 bridgehead atoms. The van der Waals surface area contributed by atoms with Gasteiger partial charge in [-0.3, -0.25) is 9.48 Å². The summed E-state index contributed by atoms with van der Waals surface area (Å²) in [4.78, 5) is 11.4. The van der Waals surface area contributed by atoms with Crippen LogP contribution in [-0.4, -0.2) is 27.8 Å². The van der Waals surface area contributed by atoms with Crippen molar-refractivity contribution in [3.05, 3.63) is 17.4 Å². The first-order valence-corrected chi connectivity index (χ1v) is 6.58. The molecule has 0 aliphatic heterocycles. The third-order valence-electron chi connectivity index (χ3n) is 3.03. The van der Waals surface area contributed by atoms with Crippen LogP contribution in [0.3, 0.4) is 0 Å². The summed E-state index contributed by atoms with van der Waals surface area (Å²) in [5, 5.41) is 7.88. The van der Waals surface area contributed by atoms with E-state index in [4.69, 9.17) is 17.3 Å². The molecule has 1 aromatic rings. The number of primary amides is 1. The van der Waals surface area contributed by atoms with Crippen molar-refractivity contribution < 1.29 is 4.79 Å². The van der Waals surface area contributed by atoms with Crippen LogP contribution < -0.4 is 11.1 Å². The average molecular weight is 273 g/mol. The predicted molar refractivity (Wildman–Crippen MR) is 72.4 cm³/mol. The standard InChI is InChI=1S/C12H21ClN4O/c1-3-15-12(2,11(14)18)6-4-5-7-17-9-10(13)8-16-17/h8-9,15H,3-7H2,1-2H3,(H2,14,18). The molecule has 1 aromatic heterocycles. The fraction of sp³-hybridized carbons (Fsp3) is 0.667. The second kappa shape index (κ2) is 6.75. The van der Waals surface area contributed by atoms with Crippen LogP contribution in [0.15, 0.2) is 12.4 Å². The first-order chi connectivity index (χ1) is 8.48. The number of halogens is 1. The molecule has 102 valence electrons. The molecule has 18 heavy (non-hydrogen) atoms. The second-order valence-electron chi connectivity index (χ2n) is 4.61. The summed E-state index contributed by atoms with van der Waals surface area (Å²) in [5.74, 6) is -0.300. The topological polar surface area (TPSA) is 72.9 Å². The summed E-state index contributed by atoms with van der Waals surface area (Å²) < 4.78 is 1.80. The van der Waals surface area contributed by atoms with Crippen LogP contribution in [0.4, 0.5) is 0 Å². The summed E-state index contributed by atoms with van der Waals surface area (Å²) in [7, 11) is 0. The van der Waals surface area contributed by atoms with Gasteiger partial charge in [-0.1, -0.05) is 18.5 Å². The molecule has 1 atom stereocenters. The van der Waals surface area contributed by atoms with E-state index in [0.717, 1.165) is 32.4 Å². The van der Waals surface area contributed by atoms with Crippen molar-refractivity contribution in [3.8, 4) is 0 Å². The highest BCUT2D eigenvalue weighted by Crippen LogP contribution is 2.14. The first kappa shape index (κ1) is 15.0. The molecule has 1 amide bonds. The van der Waals surface area contributed by atoms with Crippen molar-refractivity contribution in [2.24, 2.45) is 5.73 Å². The molecule has 1 heterocycles. The van der Waals surface area contributed by atoms with Gasteiger partial charge < -0.3 is 11.1 Å². The molecule has 6 heteroatoms. The van der Waals surface area contributed by atoms with E-state index in [9.17, 15) is 4.79 Å². The molecule has 0 spiro atoms. The maximum Gasteiger partial charge on any atom is 0.237 e. The minimum absolute atomic E-state index is 0.300. The SMILES string of the molecule is CCNC(C)(CCCCn1cc(Cl)cn1)C(N)=O. The van der Waals surface area contributed by atoms with E-state index in [1.54, 1.807) is 17.1 Å². The summed E-state index contributed by atoms with van der Waals surface area (Å²) in [5.41, 5.74) is 4.80. The lowest BCUT2D eigenvalue weighted by Crippen LogP contribution is -2.52. The van der Waals surface area contributed by atoms with Gasteiger partial charge in [-0.15, -0.1) is 0 Å². The molecule has 3 N–H and O–H groups in total. The van der Waals surface area contributed by atoms with Crippen LogP contribution >= 0.6 is 11.6 Å². The van der Waals surface area contributed by atoms with Crippen molar-refractivity contribution in [3.63, 3.8) is 0 Å². The van der Waals surface area contributed by atoms with Crippen LogP contribution in [-0.2, 0) is 11.3 Å². The number of nitrogens with one attached hydrogen (secondary N) is 1. The summed E-state index contributed by atoms with van der Waals surface area (Å²) in [6.07, 6.45) is 5.98. The van der Waals surface area contributed by atoms with E-state index < -0.39 is 5.54 Å². The molecular weight excluding hydrogens is 252 g/mol. The number of aryl methyl sites for hydroxylation is 1. The molecule has 1 unspecified atom stereocenters. The first-order valence-electron chi connectivity index (χ1n) is 6.21. The number of rotatable bonds is 8. The van der Waals surface area contributed by atoms with Gasteiger partial charge in [0.1, 0.15) is 0 Å². The Bertz CT molecular complexity index is 393. The van der Waals surface area contributed by atoms with E-state index in [0.29, 0.717) is 5.02 Å². The fourth-order valence-corrected chi connectivity index (χ4v) is 2.06. The highest BCUT2D eigenvalue weighted by Gasteiger charge is 2.28. The van der Waals surface area contributed by atoms with E-state index in [1.807, 2.05) is 13.8 Å². The molecule has 0 radical (unpaired) electrons. The minimum atomic E-state index is -0.615. The van der Waals surface area contributed by atoms with Gasteiger partial charge in [0.25, 0.3) is 0 Å². The smallest absolute Gasteiger partial charge is 0.237 e. The lowest BCUT2D eigenvalue weighted by Gasteiger charge is -2.26. The fourth-order valence-electron chi connectivity index (χ4n) is 1.90. The van der Waals surface area contributed by atoms with Gasteiger partial charge in [0, 0.05) is 12.7 Å². The van der Waals surface area contributed by atoms with Crippen molar-refractivity contribution in [1.29, 1.82) is 0 Å². The Hall–Kier alpha value is -1.07. The molecule has 1 rings (SSSR count). The van der Waals surface area contributed by atoms with Crippen molar-refractivity contribution >= 4 is 17.5 Å². The van der Waals surface area contributed by atoms with Gasteiger partial charge in [-0.2, -0.15) is 5.10 Å². The second-order valence-corrected chi connectivity index (χ2v) is 5.04. The van der Waals surface area contributed by atoms with Gasteiger partial charge in [-0.25, -0.2) is 0 Å². The van der Waals surface area contributed by atoms with Crippen LogP contribution in [0, 0.1) is 0 Å². The summed E-state index contributed by atoms with van der Waals surface area (Å²) in [6, 6.07) is 0. The number of nitrogens with zero attached hydrogens (tertiary/aromatic N) is 2. The number of aromatic nitrogens is 2. The Labute approximate surface area is 113 Å². The monoisotopic (exact) mass is 272 g/mol. The highest BCUT2D eigenvalue weighted by molar-refractivity contribution is 6.30. The molecule has 0 aromatic carbocycles. The Kier molecular flexibility index (Phi) is 5.62. The van der Waals surface area contributed by atoms with Crippen LogP contribution in [0.25, 0.3) is 0 Å². The largest absolute Gasteiger partial charge is 0.368 e. The number of unbranched alkanes of at least 4 members (excludes halogenated alkanes) is 1. The molecule has 5 nitrogen and oxygen atoms in total. The number of hydrogen-bond donors (Lipinski definition) is 2. The zero-order valence-corrected chi connectivity index (χ0v) is 11.7. The summed E-state index contributed by atoms with van der Waals surface area (Å²) >= 11 is 5.77. The maximum absolute atomic E-state index is 11.4. The lowest BCUT2D eigenvalue weighted by atomic mass is 9.94. The van der Waals surface area contributed by atoms with Gasteiger partial charge in [0.05, 0.1) is 16.8 Å². The maximum atomic E-state index is 11.4. The Balaban J connectivity index is 2.33. The average Bonchev–Trinajstić information content (AvgIpc) is 2.71. The molecule has 0 saturated carbocycles. The minimum Gasteiger partial charge on any atom is -0.368 e. The predicted octanol–water partition coefficient (Wildman–Crippen LogP) is 1.56. The molecule has 0 saturated heterocycles. The van der Waals surface area contributed by atoms with Crippen LogP contribution in [0.5, 0.6) is 0 Å². The quantitative estimate of drug-likeness (QED) is 0.706. The number of likely N-dealkylation sites (N-methyl/N-ethyl adjacent to an activating group) is 1. The van der Waals surface area contributed by atoms with Gasteiger partial charge >= 0.3 is 0 Å². The molecule has 0 aliphatic rings. The Morgan fingerprint density at radius 1 is 1.61 bits per heavy atom. The highest BCUT2D eigenvalue weighted by atomic mass is 35.5. The van der Waals surface area contributed by atoms with Gasteiger partial charge in [0.2, 0.25) is 5.91 Å². The third-order valence-corrected chi connectivity index (χ3v) is 3.22. The van der Waals surface area contributed by atoms with Crippen LogP contribution in [0.1, 0.15) is 33.1 Å². The third kappa shape index (κ3) is 4.31. The number of nitrogens with two attached hydrogens (primary N) is 1. The van der Waals surface area contributed by atoms with Gasteiger partial charge in [0.15, 0.2) is 0 Å². The molecule has 0 aliphatic carbocycles. The zero-order valence-electron chi connectivity index (χ0n) is 10.9. The van der Waals surface area contributed by atoms with Crippen LogP contribution in [0.2, 0.25) is 5.02 Å². The number of carbonyl (C=O) groups is 1. The molecule has 0 fully saturated rings. The van der Waals surface area contributed by atoms with E-state index in [2.05, 4.69) is 10.4 Å². The van der Waals surface area contributed by atoms with Crippen molar-refractivity contribution in [2.75, 3.05) is 6.54 Å². The van der Waals surface area contributed by atoms with Crippen molar-refractivity contribution in [1.82, 2.24) is 15.1 Å². The van der Waals surface area contributed by atoms with E-state index in [1.165, 1.54) is 0 Å². The zero-order chi connectivity index (χ0) is 13.6. The normalized spacial score (nSPS) is 14.4.